The van der Waals surface area contributed by atoms with Crippen LogP contribution in [0.1, 0.15) is 12.5 Å². The molecule has 0 amide bonds. The van der Waals surface area contributed by atoms with Crippen LogP contribution in [0.15, 0.2) is 18.3 Å². The highest BCUT2D eigenvalue weighted by molar-refractivity contribution is 5.46. The van der Waals surface area contributed by atoms with Gasteiger partial charge in [-0.2, -0.15) is 0 Å². The highest BCUT2D eigenvalue weighted by Crippen LogP contribution is 2.16. The van der Waals surface area contributed by atoms with Gasteiger partial charge in [0.25, 0.3) is 0 Å². The van der Waals surface area contributed by atoms with Crippen LogP contribution in [-0.4, -0.2) is 34.9 Å². The van der Waals surface area contributed by atoms with Gasteiger partial charge >= 0.3 is 0 Å². The number of aromatic nitrogens is 1. The van der Waals surface area contributed by atoms with Gasteiger partial charge in [-0.3, -0.25) is 0 Å². The van der Waals surface area contributed by atoms with Gasteiger partial charge in [0.15, 0.2) is 0 Å². The lowest BCUT2D eigenvalue weighted by Gasteiger charge is -2.22. The molecule has 4 nitrogen and oxygen atoms in total. The molecule has 14 heavy (non-hydrogen) atoms. The zero-order valence-electron chi connectivity index (χ0n) is 8.35. The molecular weight excluding hydrogens is 180 g/mol. The minimum atomic E-state index is -0.0227. The Labute approximate surface area is 83.8 Å². The smallest absolute Gasteiger partial charge is 0.134 e. The maximum absolute atomic E-state index is 9.10. The molecule has 1 aromatic rings. The van der Waals surface area contributed by atoms with Gasteiger partial charge in [0.05, 0.1) is 13.2 Å². The van der Waals surface area contributed by atoms with Gasteiger partial charge in [-0.05, 0) is 13.0 Å². The number of aliphatic hydroxyl groups excluding tert-OH is 2. The first kappa shape index (κ1) is 10.9. The molecular formula is C10H16N2O2. The van der Waals surface area contributed by atoms with Crippen molar-refractivity contribution in [3.8, 4) is 0 Å². The zero-order chi connectivity index (χ0) is 10.4. The van der Waals surface area contributed by atoms with Crippen LogP contribution >= 0.6 is 0 Å². The van der Waals surface area contributed by atoms with Crippen molar-refractivity contribution >= 4 is 5.82 Å². The Kier molecular flexibility index (Phi) is 4.35. The zero-order valence-corrected chi connectivity index (χ0v) is 8.35. The average molecular weight is 196 g/mol. The van der Waals surface area contributed by atoms with Crippen LogP contribution < -0.4 is 4.90 Å². The lowest BCUT2D eigenvalue weighted by molar-refractivity contribution is 0.280. The van der Waals surface area contributed by atoms with E-state index in [2.05, 4.69) is 4.98 Å². The van der Waals surface area contributed by atoms with Crippen molar-refractivity contribution in [2.45, 2.75) is 13.5 Å². The second-order valence-electron chi connectivity index (χ2n) is 2.95. The molecule has 0 radical (unpaired) electrons. The van der Waals surface area contributed by atoms with Crippen molar-refractivity contribution in [2.24, 2.45) is 0 Å². The van der Waals surface area contributed by atoms with E-state index in [1.165, 1.54) is 0 Å². The van der Waals surface area contributed by atoms with Crippen molar-refractivity contribution in [1.82, 2.24) is 4.98 Å². The molecule has 0 aliphatic carbocycles. The largest absolute Gasteiger partial charge is 0.395 e. The van der Waals surface area contributed by atoms with Crippen molar-refractivity contribution in [2.75, 3.05) is 24.6 Å². The molecule has 0 atom stereocenters. The van der Waals surface area contributed by atoms with Gasteiger partial charge in [-0.1, -0.05) is 6.07 Å². The van der Waals surface area contributed by atoms with Crippen molar-refractivity contribution in [3.63, 3.8) is 0 Å². The molecule has 0 fully saturated rings. The molecule has 78 valence electrons. The van der Waals surface area contributed by atoms with Gasteiger partial charge in [0.2, 0.25) is 0 Å². The van der Waals surface area contributed by atoms with Crippen LogP contribution in [0, 0.1) is 0 Å². The fourth-order valence-electron chi connectivity index (χ4n) is 1.37. The number of pyridine rings is 1. The van der Waals surface area contributed by atoms with E-state index < -0.39 is 0 Å². The number of nitrogens with zero attached hydrogens (tertiary/aromatic N) is 2. The van der Waals surface area contributed by atoms with Crippen LogP contribution in [0.2, 0.25) is 0 Å². The van der Waals surface area contributed by atoms with Gasteiger partial charge < -0.3 is 15.1 Å². The highest BCUT2D eigenvalue weighted by atomic mass is 16.3. The molecule has 1 heterocycles. The molecule has 0 bridgehead atoms. The van der Waals surface area contributed by atoms with E-state index in [4.69, 9.17) is 10.2 Å². The van der Waals surface area contributed by atoms with E-state index >= 15 is 0 Å². The number of hydrogen-bond acceptors (Lipinski definition) is 4. The number of likely N-dealkylation sites (N-methyl/N-ethyl adjacent to an activating group) is 1. The Bertz CT molecular complexity index is 279. The topological polar surface area (TPSA) is 56.6 Å². The molecule has 0 aliphatic rings. The fraction of sp³-hybridized carbons (Fsp3) is 0.500. The summed E-state index contributed by atoms with van der Waals surface area (Å²) in [6.07, 6.45) is 1.69. The standard InChI is InChI=1S/C10H16N2O2/c1-2-12(6-7-13)10-9(8-14)4-3-5-11-10/h3-5,13-14H,2,6-8H2,1H3. The Morgan fingerprint density at radius 1 is 1.43 bits per heavy atom. The third-order valence-electron chi connectivity index (χ3n) is 2.09. The summed E-state index contributed by atoms with van der Waals surface area (Å²) in [4.78, 5) is 6.13. The molecule has 2 N–H and O–H groups in total. The Morgan fingerprint density at radius 2 is 2.21 bits per heavy atom. The van der Waals surface area contributed by atoms with Gasteiger partial charge in [0.1, 0.15) is 5.82 Å². The van der Waals surface area contributed by atoms with E-state index in [0.717, 1.165) is 17.9 Å². The lowest BCUT2D eigenvalue weighted by atomic mass is 10.2. The molecule has 0 spiro atoms. The Hall–Kier alpha value is -1.13. The summed E-state index contributed by atoms with van der Waals surface area (Å²) in [5.41, 5.74) is 0.794. The highest BCUT2D eigenvalue weighted by Gasteiger charge is 2.08. The summed E-state index contributed by atoms with van der Waals surface area (Å²) < 4.78 is 0. The monoisotopic (exact) mass is 196 g/mol. The number of aliphatic hydroxyl groups is 2. The summed E-state index contributed by atoms with van der Waals surface area (Å²) in [5.74, 6) is 0.756. The predicted octanol–water partition coefficient (Wildman–Crippen LogP) is 0.392. The molecule has 0 saturated heterocycles. The molecule has 4 heteroatoms. The number of rotatable bonds is 5. The quantitative estimate of drug-likeness (QED) is 0.715. The van der Waals surface area contributed by atoms with E-state index in [-0.39, 0.29) is 13.2 Å². The van der Waals surface area contributed by atoms with E-state index in [1.807, 2.05) is 17.9 Å². The van der Waals surface area contributed by atoms with Crippen LogP contribution in [0.4, 0.5) is 5.82 Å². The van der Waals surface area contributed by atoms with Crippen LogP contribution in [0.5, 0.6) is 0 Å². The van der Waals surface area contributed by atoms with Gasteiger partial charge in [-0.15, -0.1) is 0 Å². The molecule has 0 saturated carbocycles. The van der Waals surface area contributed by atoms with Gasteiger partial charge in [-0.25, -0.2) is 4.98 Å². The van der Waals surface area contributed by atoms with Crippen molar-refractivity contribution in [1.29, 1.82) is 0 Å². The number of anilines is 1. The van der Waals surface area contributed by atoms with E-state index in [0.29, 0.717) is 6.54 Å². The fourth-order valence-corrected chi connectivity index (χ4v) is 1.37. The second-order valence-corrected chi connectivity index (χ2v) is 2.95. The maximum Gasteiger partial charge on any atom is 0.134 e. The molecule has 1 aromatic heterocycles. The summed E-state index contributed by atoms with van der Waals surface area (Å²) >= 11 is 0. The van der Waals surface area contributed by atoms with E-state index in [9.17, 15) is 0 Å². The molecule has 0 unspecified atom stereocenters. The normalized spacial score (nSPS) is 10.2. The molecule has 0 aromatic carbocycles. The lowest BCUT2D eigenvalue weighted by Crippen LogP contribution is -2.28. The summed E-state index contributed by atoms with van der Waals surface area (Å²) in [5, 5.41) is 18.0. The van der Waals surface area contributed by atoms with Gasteiger partial charge in [0, 0.05) is 24.8 Å². The molecule has 0 aliphatic heterocycles. The first-order valence-electron chi connectivity index (χ1n) is 4.74. The maximum atomic E-state index is 9.10. The second kappa shape index (κ2) is 5.57. The van der Waals surface area contributed by atoms with Crippen LogP contribution in [0.25, 0.3) is 0 Å². The van der Waals surface area contributed by atoms with Crippen LogP contribution in [0.3, 0.4) is 0 Å². The summed E-state index contributed by atoms with van der Waals surface area (Å²) in [6.45, 7) is 3.37. The van der Waals surface area contributed by atoms with Crippen molar-refractivity contribution in [3.05, 3.63) is 23.9 Å². The minimum Gasteiger partial charge on any atom is -0.395 e. The Morgan fingerprint density at radius 3 is 2.79 bits per heavy atom. The van der Waals surface area contributed by atoms with Crippen molar-refractivity contribution < 1.29 is 10.2 Å². The predicted molar refractivity (Wildman–Crippen MR) is 55.1 cm³/mol. The third kappa shape index (κ3) is 2.43. The SMILES string of the molecule is CCN(CCO)c1ncccc1CO. The Balaban J connectivity index is 2.90. The number of hydrogen-bond donors (Lipinski definition) is 2. The first-order chi connectivity index (χ1) is 6.83. The third-order valence-corrected chi connectivity index (χ3v) is 2.09. The van der Waals surface area contributed by atoms with Crippen LogP contribution in [-0.2, 0) is 6.61 Å². The summed E-state index contributed by atoms with van der Waals surface area (Å²) in [6, 6.07) is 3.63. The minimum absolute atomic E-state index is 0.0227. The average Bonchev–Trinajstić information content (AvgIpc) is 2.26. The first-order valence-corrected chi connectivity index (χ1v) is 4.74. The van der Waals surface area contributed by atoms with E-state index in [1.54, 1.807) is 12.3 Å². The summed E-state index contributed by atoms with van der Waals surface area (Å²) in [7, 11) is 0. The molecule has 1 rings (SSSR count).